The average molecular weight is 247 g/mol. The Balaban J connectivity index is 3.34. The van der Waals surface area contributed by atoms with Crippen molar-refractivity contribution in [2.75, 3.05) is 18.5 Å². The highest BCUT2D eigenvalue weighted by Gasteiger charge is 2.33. The Bertz CT molecular complexity index is 431. The topological polar surface area (TPSA) is 59.2 Å². The summed E-state index contributed by atoms with van der Waals surface area (Å²) in [5.74, 6) is -0.864. The third-order valence-electron chi connectivity index (χ3n) is 2.27. The molecule has 94 valence electrons. The van der Waals surface area contributed by atoms with Crippen LogP contribution in [0.25, 0.3) is 0 Å². The lowest BCUT2D eigenvalue weighted by Crippen LogP contribution is -2.24. The molecule has 0 unspecified atom stereocenters. The SMILES string of the molecule is CCN(C)c1nc(C(F)(F)F)ccc1C(N)=O. The molecule has 1 heterocycles. The van der Waals surface area contributed by atoms with Gasteiger partial charge < -0.3 is 10.6 Å². The molecule has 0 radical (unpaired) electrons. The van der Waals surface area contributed by atoms with Crippen molar-refractivity contribution in [1.29, 1.82) is 0 Å². The van der Waals surface area contributed by atoms with E-state index in [9.17, 15) is 18.0 Å². The summed E-state index contributed by atoms with van der Waals surface area (Å²) in [6, 6.07) is 1.78. The lowest BCUT2D eigenvalue weighted by atomic mass is 10.2. The highest BCUT2D eigenvalue weighted by atomic mass is 19.4. The Morgan fingerprint density at radius 1 is 1.47 bits per heavy atom. The van der Waals surface area contributed by atoms with E-state index in [4.69, 9.17) is 5.73 Å². The molecule has 0 saturated heterocycles. The quantitative estimate of drug-likeness (QED) is 0.883. The van der Waals surface area contributed by atoms with Gasteiger partial charge in [-0.15, -0.1) is 0 Å². The summed E-state index contributed by atoms with van der Waals surface area (Å²) in [4.78, 5) is 15.9. The van der Waals surface area contributed by atoms with Crippen molar-refractivity contribution in [3.05, 3.63) is 23.4 Å². The number of hydrogen-bond acceptors (Lipinski definition) is 3. The van der Waals surface area contributed by atoms with Crippen LogP contribution < -0.4 is 10.6 Å². The van der Waals surface area contributed by atoms with E-state index < -0.39 is 17.8 Å². The number of carbonyl (C=O) groups excluding carboxylic acids is 1. The number of hydrogen-bond donors (Lipinski definition) is 1. The lowest BCUT2D eigenvalue weighted by Gasteiger charge is -2.19. The zero-order valence-electron chi connectivity index (χ0n) is 9.38. The number of rotatable bonds is 3. The van der Waals surface area contributed by atoms with Crippen molar-refractivity contribution >= 4 is 11.7 Å². The van der Waals surface area contributed by atoms with Crippen LogP contribution in [0.5, 0.6) is 0 Å². The molecule has 4 nitrogen and oxygen atoms in total. The van der Waals surface area contributed by atoms with Crippen LogP contribution in [0.2, 0.25) is 0 Å². The number of primary amides is 1. The minimum atomic E-state index is -4.54. The molecule has 0 fully saturated rings. The van der Waals surface area contributed by atoms with Gasteiger partial charge >= 0.3 is 6.18 Å². The summed E-state index contributed by atoms with van der Waals surface area (Å²) < 4.78 is 37.4. The molecule has 7 heteroatoms. The number of alkyl halides is 3. The number of pyridine rings is 1. The molecule has 17 heavy (non-hydrogen) atoms. The fourth-order valence-electron chi connectivity index (χ4n) is 1.24. The number of halogens is 3. The number of anilines is 1. The first kappa shape index (κ1) is 13.3. The highest BCUT2D eigenvalue weighted by molar-refractivity contribution is 5.97. The predicted octanol–water partition coefficient (Wildman–Crippen LogP) is 1.66. The van der Waals surface area contributed by atoms with Crippen molar-refractivity contribution in [2.45, 2.75) is 13.1 Å². The van der Waals surface area contributed by atoms with Gasteiger partial charge in [-0.2, -0.15) is 13.2 Å². The van der Waals surface area contributed by atoms with E-state index in [1.165, 1.54) is 11.9 Å². The third-order valence-corrected chi connectivity index (χ3v) is 2.27. The number of nitrogens with zero attached hydrogens (tertiary/aromatic N) is 2. The summed E-state index contributed by atoms with van der Waals surface area (Å²) in [7, 11) is 1.54. The first-order valence-electron chi connectivity index (χ1n) is 4.86. The molecular weight excluding hydrogens is 235 g/mol. The first-order chi connectivity index (χ1) is 7.77. The molecule has 1 aromatic rings. The molecular formula is C10H12F3N3O. The molecule has 0 atom stereocenters. The van der Waals surface area contributed by atoms with E-state index in [0.29, 0.717) is 6.54 Å². The average Bonchev–Trinajstić information content (AvgIpc) is 2.25. The van der Waals surface area contributed by atoms with Crippen molar-refractivity contribution in [2.24, 2.45) is 5.73 Å². The van der Waals surface area contributed by atoms with Crippen LogP contribution in [0.3, 0.4) is 0 Å². The largest absolute Gasteiger partial charge is 0.433 e. The zero-order valence-corrected chi connectivity index (χ0v) is 9.38. The first-order valence-corrected chi connectivity index (χ1v) is 4.86. The fraction of sp³-hybridized carbons (Fsp3) is 0.400. The van der Waals surface area contributed by atoms with Gasteiger partial charge in [-0.25, -0.2) is 4.98 Å². The van der Waals surface area contributed by atoms with Crippen molar-refractivity contribution in [3.8, 4) is 0 Å². The molecule has 0 aliphatic heterocycles. The minimum absolute atomic E-state index is 0.0256. The van der Waals surface area contributed by atoms with Crippen molar-refractivity contribution in [1.82, 2.24) is 4.98 Å². The number of nitrogens with two attached hydrogens (primary N) is 1. The molecule has 1 amide bonds. The Morgan fingerprint density at radius 3 is 2.47 bits per heavy atom. The van der Waals surface area contributed by atoms with Gasteiger partial charge in [-0.05, 0) is 19.1 Å². The zero-order chi connectivity index (χ0) is 13.2. The second-order valence-corrected chi connectivity index (χ2v) is 3.44. The van der Waals surface area contributed by atoms with Crippen molar-refractivity contribution in [3.63, 3.8) is 0 Å². The van der Waals surface area contributed by atoms with Crippen LogP contribution in [-0.4, -0.2) is 24.5 Å². The van der Waals surface area contributed by atoms with Gasteiger partial charge in [-0.1, -0.05) is 0 Å². The van der Waals surface area contributed by atoms with E-state index in [0.717, 1.165) is 12.1 Å². The van der Waals surface area contributed by atoms with Crippen LogP contribution in [0.1, 0.15) is 23.0 Å². The molecule has 0 bridgehead atoms. The monoisotopic (exact) mass is 247 g/mol. The second-order valence-electron chi connectivity index (χ2n) is 3.44. The molecule has 0 aromatic carbocycles. The van der Waals surface area contributed by atoms with Gasteiger partial charge in [0.25, 0.3) is 5.91 Å². The smallest absolute Gasteiger partial charge is 0.365 e. The van der Waals surface area contributed by atoms with Crippen LogP contribution in [0.4, 0.5) is 19.0 Å². The molecule has 0 saturated carbocycles. The summed E-state index contributed by atoms with van der Waals surface area (Å²) in [5.41, 5.74) is 4.01. The van der Waals surface area contributed by atoms with E-state index in [1.807, 2.05) is 0 Å². The normalized spacial score (nSPS) is 11.4. The maximum Gasteiger partial charge on any atom is 0.433 e. The van der Waals surface area contributed by atoms with E-state index in [1.54, 1.807) is 6.92 Å². The van der Waals surface area contributed by atoms with E-state index in [-0.39, 0.29) is 11.4 Å². The molecule has 0 aliphatic rings. The highest BCUT2D eigenvalue weighted by Crippen LogP contribution is 2.30. The second kappa shape index (κ2) is 4.60. The number of amides is 1. The van der Waals surface area contributed by atoms with Gasteiger partial charge in [0.2, 0.25) is 0 Å². The van der Waals surface area contributed by atoms with Crippen molar-refractivity contribution < 1.29 is 18.0 Å². The summed E-state index contributed by atoms with van der Waals surface area (Å²) >= 11 is 0. The van der Waals surface area contributed by atoms with Gasteiger partial charge in [0.1, 0.15) is 11.5 Å². The standard InChI is InChI=1S/C10H12F3N3O/c1-3-16(2)9-6(8(14)17)4-5-7(15-9)10(11,12)13/h4-5H,3H2,1-2H3,(H2,14,17). The maximum absolute atomic E-state index is 12.5. The Morgan fingerprint density at radius 2 is 2.06 bits per heavy atom. The van der Waals surface area contributed by atoms with Crippen LogP contribution in [0.15, 0.2) is 12.1 Å². The summed E-state index contributed by atoms with van der Waals surface area (Å²) in [5, 5.41) is 0. The Labute approximate surface area is 96.2 Å². The van der Waals surface area contributed by atoms with Crippen LogP contribution in [0, 0.1) is 0 Å². The van der Waals surface area contributed by atoms with Gasteiger partial charge in [0.05, 0.1) is 5.56 Å². The summed E-state index contributed by atoms with van der Waals surface area (Å²) in [6.07, 6.45) is -4.54. The predicted molar refractivity (Wildman–Crippen MR) is 56.7 cm³/mol. The maximum atomic E-state index is 12.5. The number of aromatic nitrogens is 1. The van der Waals surface area contributed by atoms with E-state index >= 15 is 0 Å². The van der Waals surface area contributed by atoms with Gasteiger partial charge in [0.15, 0.2) is 0 Å². The summed E-state index contributed by atoms with van der Waals surface area (Å²) in [6.45, 7) is 2.14. The Kier molecular flexibility index (Phi) is 3.59. The fourth-order valence-corrected chi connectivity index (χ4v) is 1.24. The van der Waals surface area contributed by atoms with E-state index in [2.05, 4.69) is 4.98 Å². The molecule has 0 spiro atoms. The minimum Gasteiger partial charge on any atom is -0.365 e. The molecule has 2 N–H and O–H groups in total. The van der Waals surface area contributed by atoms with Crippen LogP contribution >= 0.6 is 0 Å². The van der Waals surface area contributed by atoms with Crippen LogP contribution in [-0.2, 0) is 6.18 Å². The lowest BCUT2D eigenvalue weighted by molar-refractivity contribution is -0.141. The molecule has 1 rings (SSSR count). The molecule has 0 aliphatic carbocycles. The number of carbonyl (C=O) groups is 1. The van der Waals surface area contributed by atoms with Gasteiger partial charge in [-0.3, -0.25) is 4.79 Å². The van der Waals surface area contributed by atoms with Gasteiger partial charge in [0, 0.05) is 13.6 Å². The third kappa shape index (κ3) is 2.86. The molecule has 1 aromatic heterocycles. The Hall–Kier alpha value is -1.79.